The van der Waals surface area contributed by atoms with Crippen molar-refractivity contribution in [1.29, 1.82) is 0 Å². The van der Waals surface area contributed by atoms with Crippen molar-refractivity contribution in [2.24, 2.45) is 5.92 Å². The fraction of sp³-hybridized carbons (Fsp3) is 0.933. The Bertz CT molecular complexity index is 255. The number of carbonyl (C=O) groups is 1. The van der Waals surface area contributed by atoms with Gasteiger partial charge in [-0.05, 0) is 44.6 Å². The average Bonchev–Trinajstić information content (AvgIpc) is 2.90. The minimum Gasteiger partial charge on any atom is -0.345 e. The summed E-state index contributed by atoms with van der Waals surface area (Å²) in [6.45, 7) is 2.12. The van der Waals surface area contributed by atoms with Gasteiger partial charge in [-0.3, -0.25) is 4.79 Å². The van der Waals surface area contributed by atoms with Crippen LogP contribution in [0.4, 0.5) is 0 Å². The second kappa shape index (κ2) is 7.13. The Balaban J connectivity index is 1.63. The number of hydrogen-bond acceptors (Lipinski definition) is 2. The number of rotatable bonds is 5. The molecule has 1 aliphatic heterocycles. The van der Waals surface area contributed by atoms with Crippen LogP contribution in [0, 0.1) is 5.92 Å². The molecule has 18 heavy (non-hydrogen) atoms. The van der Waals surface area contributed by atoms with Gasteiger partial charge in [-0.1, -0.05) is 19.3 Å². The van der Waals surface area contributed by atoms with Crippen LogP contribution in [0.5, 0.6) is 0 Å². The molecule has 104 valence electrons. The van der Waals surface area contributed by atoms with Crippen molar-refractivity contribution >= 4 is 5.91 Å². The van der Waals surface area contributed by atoms with Crippen LogP contribution in [0.3, 0.4) is 0 Å². The predicted octanol–water partition coefficient (Wildman–Crippen LogP) is 2.56. The summed E-state index contributed by atoms with van der Waals surface area (Å²) in [7, 11) is 1.99. The Hall–Kier alpha value is -0.570. The van der Waals surface area contributed by atoms with Crippen LogP contribution < -0.4 is 5.32 Å². The molecule has 1 saturated heterocycles. The SMILES string of the molecule is CN(CC1CCCCC1)C(=O)CCC1CCCN1. The lowest BCUT2D eigenvalue weighted by molar-refractivity contribution is -0.130. The van der Waals surface area contributed by atoms with Crippen molar-refractivity contribution in [2.45, 2.75) is 63.8 Å². The van der Waals surface area contributed by atoms with Gasteiger partial charge in [0.05, 0.1) is 0 Å². The van der Waals surface area contributed by atoms with Gasteiger partial charge in [-0.15, -0.1) is 0 Å². The van der Waals surface area contributed by atoms with E-state index in [1.165, 1.54) is 44.9 Å². The van der Waals surface area contributed by atoms with E-state index in [2.05, 4.69) is 5.32 Å². The molecule has 1 unspecified atom stereocenters. The zero-order chi connectivity index (χ0) is 12.8. The Kier molecular flexibility index (Phi) is 5.48. The van der Waals surface area contributed by atoms with E-state index in [9.17, 15) is 4.79 Å². The largest absolute Gasteiger partial charge is 0.345 e. The molecule has 1 atom stereocenters. The molecule has 3 nitrogen and oxygen atoms in total. The van der Waals surface area contributed by atoms with Crippen molar-refractivity contribution in [3.05, 3.63) is 0 Å². The van der Waals surface area contributed by atoms with Gasteiger partial charge in [-0.2, -0.15) is 0 Å². The van der Waals surface area contributed by atoms with Crippen molar-refractivity contribution in [3.63, 3.8) is 0 Å². The first-order valence-electron chi connectivity index (χ1n) is 7.73. The first-order valence-corrected chi connectivity index (χ1v) is 7.73. The number of nitrogens with zero attached hydrogens (tertiary/aromatic N) is 1. The quantitative estimate of drug-likeness (QED) is 0.815. The summed E-state index contributed by atoms with van der Waals surface area (Å²) < 4.78 is 0. The highest BCUT2D eigenvalue weighted by atomic mass is 16.2. The molecule has 1 aliphatic carbocycles. The van der Waals surface area contributed by atoms with Gasteiger partial charge in [0.25, 0.3) is 0 Å². The predicted molar refractivity (Wildman–Crippen MR) is 74.5 cm³/mol. The molecule has 0 aromatic heterocycles. The first-order chi connectivity index (χ1) is 8.75. The maximum atomic E-state index is 12.1. The van der Waals surface area contributed by atoms with Crippen LogP contribution in [0.15, 0.2) is 0 Å². The summed E-state index contributed by atoms with van der Waals surface area (Å²) in [6.07, 6.45) is 11.0. The van der Waals surface area contributed by atoms with Crippen LogP contribution in [0.2, 0.25) is 0 Å². The van der Waals surface area contributed by atoms with Gasteiger partial charge >= 0.3 is 0 Å². The second-order valence-electron chi connectivity index (χ2n) is 6.11. The van der Waals surface area contributed by atoms with Gasteiger partial charge < -0.3 is 10.2 Å². The van der Waals surface area contributed by atoms with E-state index in [4.69, 9.17) is 0 Å². The Morgan fingerprint density at radius 3 is 2.61 bits per heavy atom. The summed E-state index contributed by atoms with van der Waals surface area (Å²) in [5, 5.41) is 3.46. The lowest BCUT2D eigenvalue weighted by atomic mass is 9.89. The van der Waals surface area contributed by atoms with E-state index < -0.39 is 0 Å². The molecule has 0 radical (unpaired) electrons. The van der Waals surface area contributed by atoms with E-state index in [1.807, 2.05) is 11.9 Å². The molecule has 2 rings (SSSR count). The lowest BCUT2D eigenvalue weighted by Crippen LogP contribution is -2.33. The highest BCUT2D eigenvalue weighted by Gasteiger charge is 2.20. The summed E-state index contributed by atoms with van der Waals surface area (Å²) in [5.41, 5.74) is 0. The summed E-state index contributed by atoms with van der Waals surface area (Å²) >= 11 is 0. The smallest absolute Gasteiger partial charge is 0.222 e. The number of carbonyl (C=O) groups excluding carboxylic acids is 1. The van der Waals surface area contributed by atoms with E-state index in [1.54, 1.807) is 0 Å². The maximum Gasteiger partial charge on any atom is 0.222 e. The van der Waals surface area contributed by atoms with Gasteiger partial charge in [0, 0.05) is 26.1 Å². The third kappa shape index (κ3) is 4.27. The van der Waals surface area contributed by atoms with Crippen LogP contribution in [-0.4, -0.2) is 37.0 Å². The highest BCUT2D eigenvalue weighted by Crippen LogP contribution is 2.24. The Labute approximate surface area is 111 Å². The molecule has 1 N–H and O–H groups in total. The zero-order valence-corrected chi connectivity index (χ0v) is 11.8. The lowest BCUT2D eigenvalue weighted by Gasteiger charge is -2.27. The minimum atomic E-state index is 0.342. The average molecular weight is 252 g/mol. The summed E-state index contributed by atoms with van der Waals surface area (Å²) in [5.74, 6) is 1.10. The van der Waals surface area contributed by atoms with Crippen molar-refractivity contribution in [2.75, 3.05) is 20.1 Å². The van der Waals surface area contributed by atoms with Crippen LogP contribution in [0.25, 0.3) is 0 Å². The fourth-order valence-electron chi connectivity index (χ4n) is 3.35. The van der Waals surface area contributed by atoms with Crippen molar-refractivity contribution < 1.29 is 4.79 Å². The molecule has 0 bridgehead atoms. The molecule has 1 amide bonds. The number of amides is 1. The van der Waals surface area contributed by atoms with Crippen molar-refractivity contribution in [3.8, 4) is 0 Å². The first kappa shape index (κ1) is 13.9. The summed E-state index contributed by atoms with van der Waals surface area (Å²) in [6, 6.07) is 0.594. The Morgan fingerprint density at radius 2 is 1.94 bits per heavy atom. The zero-order valence-electron chi connectivity index (χ0n) is 11.8. The number of hydrogen-bond donors (Lipinski definition) is 1. The van der Waals surface area contributed by atoms with Crippen molar-refractivity contribution in [1.82, 2.24) is 10.2 Å². The van der Waals surface area contributed by atoms with E-state index >= 15 is 0 Å². The third-order valence-corrected chi connectivity index (χ3v) is 4.55. The van der Waals surface area contributed by atoms with Crippen LogP contribution >= 0.6 is 0 Å². The highest BCUT2D eigenvalue weighted by molar-refractivity contribution is 5.75. The van der Waals surface area contributed by atoms with Crippen LogP contribution in [0.1, 0.15) is 57.8 Å². The molecule has 1 heterocycles. The fourth-order valence-corrected chi connectivity index (χ4v) is 3.35. The molecular weight excluding hydrogens is 224 g/mol. The Morgan fingerprint density at radius 1 is 1.17 bits per heavy atom. The molecule has 0 spiro atoms. The van der Waals surface area contributed by atoms with Gasteiger partial charge in [0.1, 0.15) is 0 Å². The maximum absolute atomic E-state index is 12.1. The topological polar surface area (TPSA) is 32.3 Å². The normalized spacial score (nSPS) is 25.3. The monoisotopic (exact) mass is 252 g/mol. The molecule has 1 saturated carbocycles. The van der Waals surface area contributed by atoms with Gasteiger partial charge in [0.15, 0.2) is 0 Å². The minimum absolute atomic E-state index is 0.342. The van der Waals surface area contributed by atoms with Crippen LogP contribution in [-0.2, 0) is 4.79 Å². The molecule has 3 heteroatoms. The molecule has 0 aromatic carbocycles. The summed E-state index contributed by atoms with van der Waals surface area (Å²) in [4.78, 5) is 14.0. The molecule has 2 fully saturated rings. The second-order valence-corrected chi connectivity index (χ2v) is 6.11. The van der Waals surface area contributed by atoms with E-state index in [0.717, 1.165) is 31.8 Å². The molecule has 0 aromatic rings. The third-order valence-electron chi connectivity index (χ3n) is 4.55. The van der Waals surface area contributed by atoms with E-state index in [-0.39, 0.29) is 0 Å². The molecular formula is C15H28N2O. The molecule has 2 aliphatic rings. The number of nitrogens with one attached hydrogen (secondary N) is 1. The van der Waals surface area contributed by atoms with Gasteiger partial charge in [-0.25, -0.2) is 0 Å². The standard InChI is InChI=1S/C15H28N2O/c1-17(12-13-6-3-2-4-7-13)15(18)10-9-14-8-5-11-16-14/h13-14,16H,2-12H2,1H3. The van der Waals surface area contributed by atoms with Gasteiger partial charge in [0.2, 0.25) is 5.91 Å². The van der Waals surface area contributed by atoms with E-state index in [0.29, 0.717) is 11.9 Å².